The van der Waals surface area contributed by atoms with Gasteiger partial charge in [-0.3, -0.25) is 4.79 Å². The predicted octanol–water partition coefficient (Wildman–Crippen LogP) is 3.51. The molecule has 0 unspecified atom stereocenters. The van der Waals surface area contributed by atoms with Gasteiger partial charge in [-0.25, -0.2) is 0 Å². The van der Waals surface area contributed by atoms with Crippen molar-refractivity contribution in [3.63, 3.8) is 0 Å². The third-order valence-corrected chi connectivity index (χ3v) is 4.04. The SMILES string of the molecule is CCCCN(c1ccccc1)c1ccc(-c2n[nH]nc2C(N)=O)cc1. The Morgan fingerprint density at radius 3 is 2.36 bits per heavy atom. The number of carbonyl (C=O) groups is 1. The number of aromatic nitrogens is 3. The monoisotopic (exact) mass is 335 g/mol. The normalized spacial score (nSPS) is 10.6. The lowest BCUT2D eigenvalue weighted by atomic mass is 10.1. The molecular formula is C19H21N5O. The fourth-order valence-electron chi connectivity index (χ4n) is 2.73. The summed E-state index contributed by atoms with van der Waals surface area (Å²) >= 11 is 0. The predicted molar refractivity (Wildman–Crippen MR) is 98.7 cm³/mol. The molecule has 0 fully saturated rings. The van der Waals surface area contributed by atoms with Gasteiger partial charge in [0.15, 0.2) is 5.69 Å². The molecule has 1 amide bonds. The zero-order valence-electron chi connectivity index (χ0n) is 14.1. The number of hydrogen-bond acceptors (Lipinski definition) is 4. The highest BCUT2D eigenvalue weighted by Crippen LogP contribution is 2.28. The number of para-hydroxylation sites is 1. The van der Waals surface area contributed by atoms with Crippen LogP contribution in [0.15, 0.2) is 54.6 Å². The van der Waals surface area contributed by atoms with E-state index in [1.54, 1.807) is 0 Å². The van der Waals surface area contributed by atoms with Crippen molar-refractivity contribution in [2.24, 2.45) is 5.73 Å². The number of nitrogens with one attached hydrogen (secondary N) is 1. The summed E-state index contributed by atoms with van der Waals surface area (Å²) in [6.45, 7) is 3.12. The van der Waals surface area contributed by atoms with Crippen LogP contribution in [0, 0.1) is 0 Å². The third-order valence-electron chi connectivity index (χ3n) is 4.04. The van der Waals surface area contributed by atoms with Crippen LogP contribution in [-0.2, 0) is 0 Å². The van der Waals surface area contributed by atoms with Gasteiger partial charge in [-0.1, -0.05) is 43.7 Å². The van der Waals surface area contributed by atoms with Gasteiger partial charge < -0.3 is 10.6 Å². The Morgan fingerprint density at radius 2 is 1.72 bits per heavy atom. The number of anilines is 2. The van der Waals surface area contributed by atoms with E-state index < -0.39 is 5.91 Å². The van der Waals surface area contributed by atoms with Crippen molar-refractivity contribution >= 4 is 17.3 Å². The Hall–Kier alpha value is -3.15. The standard InChI is InChI=1S/C19H21N5O/c1-2-3-13-24(15-7-5-4-6-8-15)16-11-9-14(10-12-16)17-18(19(20)25)22-23-21-17/h4-12H,2-3,13H2,1H3,(H2,20,25)(H,21,22,23). The first kappa shape index (κ1) is 16.7. The molecule has 0 saturated carbocycles. The van der Waals surface area contributed by atoms with Crippen LogP contribution in [0.4, 0.5) is 11.4 Å². The number of hydrogen-bond donors (Lipinski definition) is 2. The van der Waals surface area contributed by atoms with Crippen LogP contribution in [-0.4, -0.2) is 27.9 Å². The lowest BCUT2D eigenvalue weighted by Crippen LogP contribution is -2.18. The number of primary amides is 1. The molecular weight excluding hydrogens is 314 g/mol. The molecule has 128 valence electrons. The van der Waals surface area contributed by atoms with E-state index in [1.807, 2.05) is 42.5 Å². The van der Waals surface area contributed by atoms with Crippen molar-refractivity contribution in [3.05, 3.63) is 60.3 Å². The fourth-order valence-corrected chi connectivity index (χ4v) is 2.73. The highest BCUT2D eigenvalue weighted by Gasteiger charge is 2.16. The van der Waals surface area contributed by atoms with E-state index in [9.17, 15) is 4.79 Å². The number of nitrogens with zero attached hydrogens (tertiary/aromatic N) is 3. The first-order valence-corrected chi connectivity index (χ1v) is 8.34. The Kier molecular flexibility index (Phi) is 5.09. The Morgan fingerprint density at radius 1 is 1.04 bits per heavy atom. The second-order valence-electron chi connectivity index (χ2n) is 5.77. The van der Waals surface area contributed by atoms with Gasteiger partial charge in [-0.05, 0) is 30.7 Å². The van der Waals surface area contributed by atoms with Gasteiger partial charge in [0.25, 0.3) is 5.91 Å². The molecule has 3 aromatic rings. The molecule has 1 aromatic heterocycles. The summed E-state index contributed by atoms with van der Waals surface area (Å²) < 4.78 is 0. The second kappa shape index (κ2) is 7.61. The quantitative estimate of drug-likeness (QED) is 0.691. The molecule has 25 heavy (non-hydrogen) atoms. The molecule has 0 radical (unpaired) electrons. The summed E-state index contributed by atoms with van der Waals surface area (Å²) in [7, 11) is 0. The van der Waals surface area contributed by atoms with Crippen LogP contribution >= 0.6 is 0 Å². The fraction of sp³-hybridized carbons (Fsp3) is 0.211. The van der Waals surface area contributed by atoms with E-state index >= 15 is 0 Å². The highest BCUT2D eigenvalue weighted by molar-refractivity contribution is 5.96. The van der Waals surface area contributed by atoms with Crippen molar-refractivity contribution in [2.45, 2.75) is 19.8 Å². The van der Waals surface area contributed by atoms with Gasteiger partial charge in [0, 0.05) is 23.5 Å². The summed E-state index contributed by atoms with van der Waals surface area (Å²) in [5.74, 6) is -0.596. The number of amides is 1. The Balaban J connectivity index is 1.91. The van der Waals surface area contributed by atoms with E-state index in [0.29, 0.717) is 5.69 Å². The molecule has 1 heterocycles. The number of carbonyl (C=O) groups excluding carboxylic acids is 1. The van der Waals surface area contributed by atoms with Gasteiger partial charge >= 0.3 is 0 Å². The van der Waals surface area contributed by atoms with E-state index in [-0.39, 0.29) is 5.69 Å². The summed E-state index contributed by atoms with van der Waals surface area (Å²) in [6, 6.07) is 18.2. The molecule has 6 nitrogen and oxygen atoms in total. The largest absolute Gasteiger partial charge is 0.364 e. The summed E-state index contributed by atoms with van der Waals surface area (Å²) in [4.78, 5) is 13.7. The van der Waals surface area contributed by atoms with E-state index in [2.05, 4.69) is 39.4 Å². The molecule has 0 atom stereocenters. The van der Waals surface area contributed by atoms with Crippen molar-refractivity contribution in [3.8, 4) is 11.3 Å². The van der Waals surface area contributed by atoms with Crippen LogP contribution in [0.5, 0.6) is 0 Å². The number of benzene rings is 2. The minimum absolute atomic E-state index is 0.152. The maximum absolute atomic E-state index is 11.4. The topological polar surface area (TPSA) is 87.9 Å². The average Bonchev–Trinajstić information content (AvgIpc) is 3.14. The Bertz CT molecular complexity index is 827. The average molecular weight is 335 g/mol. The molecule has 0 saturated heterocycles. The molecule has 0 spiro atoms. The summed E-state index contributed by atoms with van der Waals surface area (Å²) in [5.41, 5.74) is 9.00. The van der Waals surface area contributed by atoms with Crippen LogP contribution < -0.4 is 10.6 Å². The van der Waals surface area contributed by atoms with Gasteiger partial charge in [-0.2, -0.15) is 15.4 Å². The van der Waals surface area contributed by atoms with Gasteiger partial charge in [0.05, 0.1) is 0 Å². The molecule has 2 aromatic carbocycles. The number of aromatic amines is 1. The second-order valence-corrected chi connectivity index (χ2v) is 5.77. The van der Waals surface area contributed by atoms with Crippen LogP contribution in [0.1, 0.15) is 30.3 Å². The van der Waals surface area contributed by atoms with Crippen LogP contribution in [0.25, 0.3) is 11.3 Å². The molecule has 0 bridgehead atoms. The third kappa shape index (κ3) is 3.68. The summed E-state index contributed by atoms with van der Waals surface area (Å²) in [6.07, 6.45) is 2.23. The maximum Gasteiger partial charge on any atom is 0.271 e. The van der Waals surface area contributed by atoms with Crippen LogP contribution in [0.2, 0.25) is 0 Å². The van der Waals surface area contributed by atoms with Crippen molar-refractivity contribution < 1.29 is 4.79 Å². The van der Waals surface area contributed by atoms with E-state index in [1.165, 1.54) is 0 Å². The molecule has 3 rings (SSSR count). The molecule has 6 heteroatoms. The van der Waals surface area contributed by atoms with E-state index in [4.69, 9.17) is 5.73 Å². The van der Waals surface area contributed by atoms with Gasteiger partial charge in [0.2, 0.25) is 0 Å². The van der Waals surface area contributed by atoms with Gasteiger partial charge in [0.1, 0.15) is 5.69 Å². The smallest absolute Gasteiger partial charge is 0.271 e. The van der Waals surface area contributed by atoms with Crippen molar-refractivity contribution in [1.82, 2.24) is 15.4 Å². The number of H-pyrrole nitrogens is 1. The van der Waals surface area contributed by atoms with Crippen LogP contribution in [0.3, 0.4) is 0 Å². The lowest BCUT2D eigenvalue weighted by Gasteiger charge is -2.25. The van der Waals surface area contributed by atoms with Crippen molar-refractivity contribution in [2.75, 3.05) is 11.4 Å². The first-order valence-electron chi connectivity index (χ1n) is 8.34. The summed E-state index contributed by atoms with van der Waals surface area (Å²) in [5, 5.41) is 10.3. The van der Waals surface area contributed by atoms with Crippen molar-refractivity contribution in [1.29, 1.82) is 0 Å². The maximum atomic E-state index is 11.4. The van der Waals surface area contributed by atoms with E-state index in [0.717, 1.165) is 36.3 Å². The highest BCUT2D eigenvalue weighted by atomic mass is 16.1. The number of rotatable bonds is 7. The number of unbranched alkanes of at least 4 members (excludes halogenated alkanes) is 1. The minimum atomic E-state index is -0.596. The molecule has 0 aliphatic heterocycles. The number of nitrogens with two attached hydrogens (primary N) is 1. The molecule has 3 N–H and O–H groups in total. The first-order chi connectivity index (χ1) is 12.2. The minimum Gasteiger partial charge on any atom is -0.364 e. The Labute approximate surface area is 146 Å². The van der Waals surface area contributed by atoms with Gasteiger partial charge in [-0.15, -0.1) is 0 Å². The molecule has 0 aliphatic rings. The zero-order chi connectivity index (χ0) is 17.6. The molecule has 0 aliphatic carbocycles. The lowest BCUT2D eigenvalue weighted by molar-refractivity contribution is 0.0996. The zero-order valence-corrected chi connectivity index (χ0v) is 14.1.